The van der Waals surface area contributed by atoms with E-state index in [1.165, 1.54) is 7.11 Å². The molecule has 0 saturated carbocycles. The van der Waals surface area contributed by atoms with E-state index in [9.17, 15) is 19.5 Å². The molecule has 3 aromatic heterocycles. The summed E-state index contributed by atoms with van der Waals surface area (Å²) in [7, 11) is -0.0432. The summed E-state index contributed by atoms with van der Waals surface area (Å²) in [5.74, 6) is 1.18. The molecule has 62 heavy (non-hydrogen) atoms. The zero-order valence-electron chi connectivity index (χ0n) is 37.6. The number of ether oxygens (including phenoxy) is 2. The number of carbonyl (C=O) groups is 3. The number of nitrogens with zero attached hydrogens (tertiary/aromatic N) is 6. The molecule has 2 fully saturated rings. The first-order valence-electron chi connectivity index (χ1n) is 21.8. The zero-order valence-corrected chi connectivity index (χ0v) is 38.6. The Morgan fingerprint density at radius 1 is 0.968 bits per heavy atom. The molecule has 0 radical (unpaired) electrons. The molecule has 0 spiro atoms. The lowest BCUT2D eigenvalue weighted by Gasteiger charge is -2.46. The first-order chi connectivity index (χ1) is 29.4. The molecule has 5 heterocycles. The van der Waals surface area contributed by atoms with E-state index in [1.807, 2.05) is 49.5 Å². The number of amides is 3. The van der Waals surface area contributed by atoms with E-state index < -0.39 is 37.3 Å². The smallest absolute Gasteiger partial charge is 0.408 e. The summed E-state index contributed by atoms with van der Waals surface area (Å²) in [6, 6.07) is 16.7. The molecular formula is C47H62N8O6Si. The molecule has 3 amide bonds. The lowest BCUT2D eigenvalue weighted by atomic mass is 9.71. The lowest BCUT2D eigenvalue weighted by molar-refractivity contribution is -0.135. The number of carboxylic acid groups (broad SMARTS) is 1. The van der Waals surface area contributed by atoms with Crippen molar-refractivity contribution in [3.8, 4) is 33.6 Å². The standard InChI is InChI=1S/C47H62N8O6Si/c1-30(2)40(52-44(57)60-6)42(56)53-20-10-12-38(53)41-49-27-37(51-41)32-15-13-31(14-16-32)35-24-33-17-18-34(25-36(33)48-26-35)39-28-50-43(54(39)29-61-22-23-62(7,8)9)47(46(3,4)5)19-11-21-55(47)45(58)59/h13-18,24-28,30,38,40H,10-12,19-23,29H2,1-9H3,(H,49,51)(H,52,57)(H,58,59)/t38-,40-,47+/m0/s1. The van der Waals surface area contributed by atoms with E-state index in [-0.39, 0.29) is 24.6 Å². The van der Waals surface area contributed by atoms with Crippen LogP contribution >= 0.6 is 0 Å². The Kier molecular flexibility index (Phi) is 12.7. The number of aromatic amines is 1. The minimum atomic E-state index is -1.34. The maximum absolute atomic E-state index is 13.6. The van der Waals surface area contributed by atoms with Gasteiger partial charge in [0.1, 0.15) is 30.0 Å². The van der Waals surface area contributed by atoms with Crippen LogP contribution in [0.2, 0.25) is 25.7 Å². The Morgan fingerprint density at radius 2 is 1.69 bits per heavy atom. The summed E-state index contributed by atoms with van der Waals surface area (Å²) in [5.41, 5.74) is 5.09. The van der Waals surface area contributed by atoms with Crippen molar-refractivity contribution in [3.05, 3.63) is 78.8 Å². The molecule has 330 valence electrons. The van der Waals surface area contributed by atoms with E-state index in [4.69, 9.17) is 24.4 Å². The van der Waals surface area contributed by atoms with Gasteiger partial charge in [0.25, 0.3) is 0 Å². The third-order valence-electron chi connectivity index (χ3n) is 12.6. The van der Waals surface area contributed by atoms with Crippen LogP contribution in [0.1, 0.15) is 78.0 Å². The molecule has 7 rings (SSSR count). The molecule has 0 aliphatic carbocycles. The van der Waals surface area contributed by atoms with Gasteiger partial charge in [-0.05, 0) is 60.8 Å². The van der Waals surface area contributed by atoms with Crippen LogP contribution in [0, 0.1) is 11.3 Å². The fourth-order valence-electron chi connectivity index (χ4n) is 9.15. The Balaban J connectivity index is 1.12. The maximum Gasteiger partial charge on any atom is 0.408 e. The summed E-state index contributed by atoms with van der Waals surface area (Å²) in [4.78, 5) is 59.9. The van der Waals surface area contributed by atoms with Crippen molar-refractivity contribution in [2.45, 2.75) is 110 Å². The SMILES string of the molecule is COC(=O)N[C@H](C(=O)N1CCC[C@H]1c1nc(-c2ccc(-c3cnc4cc(-c5cnc([C@@]6(C(C)(C)C)CCCN6C(=O)O)n5COCC[Si](C)(C)C)ccc4c3)cc2)c[nH]1)C(C)C. The van der Waals surface area contributed by atoms with Gasteiger partial charge in [0.15, 0.2) is 0 Å². The van der Waals surface area contributed by atoms with Gasteiger partial charge in [-0.2, -0.15) is 0 Å². The first-order valence-corrected chi connectivity index (χ1v) is 25.5. The largest absolute Gasteiger partial charge is 0.465 e. The number of methoxy groups -OCH3 is 1. The number of nitrogens with one attached hydrogen (secondary N) is 2. The highest BCUT2D eigenvalue weighted by Crippen LogP contribution is 2.51. The third kappa shape index (κ3) is 8.87. The highest BCUT2D eigenvalue weighted by molar-refractivity contribution is 6.76. The highest BCUT2D eigenvalue weighted by atomic mass is 28.3. The quantitative estimate of drug-likeness (QED) is 0.0772. The number of fused-ring (bicyclic) bond motifs is 1. The van der Waals surface area contributed by atoms with Crippen molar-refractivity contribution < 1.29 is 29.0 Å². The number of imidazole rings is 2. The van der Waals surface area contributed by atoms with Crippen LogP contribution in [-0.2, 0) is 26.5 Å². The number of hydrogen-bond donors (Lipinski definition) is 3. The molecule has 3 atom stereocenters. The Labute approximate surface area is 365 Å². The van der Waals surface area contributed by atoms with E-state index >= 15 is 0 Å². The van der Waals surface area contributed by atoms with Crippen molar-refractivity contribution in [1.82, 2.24) is 39.6 Å². The molecule has 0 unspecified atom stereocenters. The topological polar surface area (TPSA) is 168 Å². The van der Waals surface area contributed by atoms with Crippen LogP contribution in [0.3, 0.4) is 0 Å². The number of rotatable bonds is 13. The average Bonchev–Trinajstić information content (AvgIpc) is 4.06. The van der Waals surface area contributed by atoms with Crippen LogP contribution in [-0.4, -0.2) is 98.4 Å². The number of benzene rings is 2. The van der Waals surface area contributed by atoms with Gasteiger partial charge in [0.05, 0.1) is 36.3 Å². The number of alkyl carbamates (subject to hydrolysis) is 1. The van der Waals surface area contributed by atoms with Gasteiger partial charge in [-0.15, -0.1) is 0 Å². The fourth-order valence-corrected chi connectivity index (χ4v) is 9.90. The van der Waals surface area contributed by atoms with Crippen LogP contribution in [0.4, 0.5) is 9.59 Å². The predicted octanol–water partition coefficient (Wildman–Crippen LogP) is 9.53. The highest BCUT2D eigenvalue weighted by Gasteiger charge is 2.56. The summed E-state index contributed by atoms with van der Waals surface area (Å²) in [6.45, 7) is 19.1. The minimum Gasteiger partial charge on any atom is -0.465 e. The molecule has 2 aromatic carbocycles. The van der Waals surface area contributed by atoms with Crippen molar-refractivity contribution in [1.29, 1.82) is 0 Å². The zero-order chi connectivity index (χ0) is 44.6. The molecule has 15 heteroatoms. The van der Waals surface area contributed by atoms with Crippen molar-refractivity contribution in [3.63, 3.8) is 0 Å². The van der Waals surface area contributed by atoms with Gasteiger partial charge in [0.2, 0.25) is 5.91 Å². The van der Waals surface area contributed by atoms with Crippen molar-refractivity contribution >= 4 is 37.1 Å². The molecule has 3 N–H and O–H groups in total. The first kappa shape index (κ1) is 44.5. The molecule has 0 bridgehead atoms. The van der Waals surface area contributed by atoms with Crippen molar-refractivity contribution in [2.24, 2.45) is 11.3 Å². The number of likely N-dealkylation sites (tertiary alicyclic amines) is 2. The van der Waals surface area contributed by atoms with E-state index in [1.54, 1.807) is 4.90 Å². The van der Waals surface area contributed by atoms with Gasteiger partial charge in [0, 0.05) is 62.2 Å². The summed E-state index contributed by atoms with van der Waals surface area (Å²) >= 11 is 0. The molecule has 2 aliphatic rings. The Morgan fingerprint density at radius 3 is 2.37 bits per heavy atom. The number of carbonyl (C=O) groups excluding carboxylic acids is 2. The predicted molar refractivity (Wildman–Crippen MR) is 243 cm³/mol. The maximum atomic E-state index is 13.6. The lowest BCUT2D eigenvalue weighted by Crippen LogP contribution is -2.54. The molecule has 14 nitrogen and oxygen atoms in total. The summed E-state index contributed by atoms with van der Waals surface area (Å²) in [5, 5.41) is 14.1. The molecular weight excluding hydrogens is 801 g/mol. The number of pyridine rings is 1. The summed E-state index contributed by atoms with van der Waals surface area (Å²) < 4.78 is 13.2. The summed E-state index contributed by atoms with van der Waals surface area (Å²) in [6.07, 6.45) is 7.13. The van der Waals surface area contributed by atoms with E-state index in [0.29, 0.717) is 31.9 Å². The Hall–Kier alpha value is -5.54. The second-order valence-corrected chi connectivity index (χ2v) is 24.9. The van der Waals surface area contributed by atoms with Gasteiger partial charge in [-0.25, -0.2) is 19.6 Å². The van der Waals surface area contributed by atoms with E-state index in [0.717, 1.165) is 75.7 Å². The molecule has 2 aliphatic heterocycles. The number of H-pyrrole nitrogens is 1. The third-order valence-corrected chi connectivity index (χ3v) is 14.3. The van der Waals surface area contributed by atoms with Crippen LogP contribution in [0.15, 0.2) is 67.1 Å². The van der Waals surface area contributed by atoms with Crippen LogP contribution in [0.25, 0.3) is 44.5 Å². The van der Waals surface area contributed by atoms with E-state index in [2.05, 4.69) is 91.7 Å². The number of aromatic nitrogens is 5. The monoisotopic (exact) mass is 862 g/mol. The minimum absolute atomic E-state index is 0.110. The second-order valence-electron chi connectivity index (χ2n) is 19.3. The van der Waals surface area contributed by atoms with Gasteiger partial charge < -0.3 is 34.3 Å². The second kappa shape index (κ2) is 17.7. The van der Waals surface area contributed by atoms with Gasteiger partial charge in [-0.1, -0.05) is 90.7 Å². The van der Waals surface area contributed by atoms with Crippen molar-refractivity contribution in [2.75, 3.05) is 26.8 Å². The fraction of sp³-hybridized carbons (Fsp3) is 0.489. The number of hydrogen-bond acceptors (Lipinski definition) is 8. The Bertz CT molecular complexity index is 2420. The average molecular weight is 863 g/mol. The van der Waals surface area contributed by atoms with Gasteiger partial charge >= 0.3 is 12.2 Å². The van der Waals surface area contributed by atoms with Crippen LogP contribution < -0.4 is 5.32 Å². The van der Waals surface area contributed by atoms with Gasteiger partial charge in [-0.3, -0.25) is 14.7 Å². The molecule has 5 aromatic rings. The molecule has 2 saturated heterocycles. The van der Waals surface area contributed by atoms with Crippen LogP contribution in [0.5, 0.6) is 0 Å². The normalized spacial score (nSPS) is 18.8.